The standard InChI is InChI=1S/C20H14F3N3O3S/c1-25-18-16(30-19(27)26-18)9-12-4-3-5-15(17(12)28-2)29-14-7-6-11(10-24)8-13(14)20(21,22)23/h3-9H,1-2H3,(H,25,26,27)/b16-9-. The van der Waals surface area contributed by atoms with Crippen LogP contribution in [-0.4, -0.2) is 25.2 Å². The van der Waals surface area contributed by atoms with Crippen LogP contribution in [0, 0.1) is 11.3 Å². The van der Waals surface area contributed by atoms with Gasteiger partial charge in [0.1, 0.15) is 11.6 Å². The quantitative estimate of drug-likeness (QED) is 0.713. The predicted octanol–water partition coefficient (Wildman–Crippen LogP) is 5.20. The van der Waals surface area contributed by atoms with Gasteiger partial charge in [-0.1, -0.05) is 12.1 Å². The first-order valence-corrected chi connectivity index (χ1v) is 9.25. The molecule has 6 nitrogen and oxygen atoms in total. The lowest BCUT2D eigenvalue weighted by Crippen LogP contribution is -2.16. The molecule has 1 N–H and O–H groups in total. The predicted molar refractivity (Wildman–Crippen MR) is 107 cm³/mol. The minimum absolute atomic E-state index is 0.0410. The van der Waals surface area contributed by atoms with Crippen LogP contribution in [-0.2, 0) is 6.18 Å². The summed E-state index contributed by atoms with van der Waals surface area (Å²) >= 11 is 0.912. The molecule has 2 aromatic carbocycles. The number of carbonyl (C=O) groups excluding carboxylic acids is 1. The molecule has 1 aliphatic heterocycles. The minimum Gasteiger partial charge on any atom is -0.492 e. The van der Waals surface area contributed by atoms with Crippen LogP contribution in [0.1, 0.15) is 16.7 Å². The third-order valence-electron chi connectivity index (χ3n) is 4.00. The summed E-state index contributed by atoms with van der Waals surface area (Å²) in [5.74, 6) is 0.134. The summed E-state index contributed by atoms with van der Waals surface area (Å²) < 4.78 is 51.2. The maximum Gasteiger partial charge on any atom is 0.420 e. The number of aliphatic imine (C=N–C) groups is 1. The molecule has 0 aromatic heterocycles. The highest BCUT2D eigenvalue weighted by Crippen LogP contribution is 2.42. The van der Waals surface area contributed by atoms with Gasteiger partial charge in [0.15, 0.2) is 11.5 Å². The van der Waals surface area contributed by atoms with Crippen LogP contribution in [0.5, 0.6) is 17.2 Å². The summed E-state index contributed by atoms with van der Waals surface area (Å²) in [6.45, 7) is 0. The third kappa shape index (κ3) is 4.41. The molecule has 0 atom stereocenters. The van der Waals surface area contributed by atoms with Gasteiger partial charge in [-0.3, -0.25) is 4.79 Å². The van der Waals surface area contributed by atoms with Gasteiger partial charge in [-0.15, -0.1) is 0 Å². The number of ether oxygens (including phenoxy) is 2. The van der Waals surface area contributed by atoms with Gasteiger partial charge in [0.05, 0.1) is 29.2 Å². The number of carbonyl (C=O) groups is 1. The number of likely N-dealkylation sites (N-methyl/N-ethyl adjacent to an activating group) is 1. The van der Waals surface area contributed by atoms with E-state index in [0.717, 1.165) is 23.9 Å². The zero-order valence-corrected chi connectivity index (χ0v) is 16.5. The average molecular weight is 433 g/mol. The van der Waals surface area contributed by atoms with Crippen molar-refractivity contribution >= 4 is 28.9 Å². The fourth-order valence-corrected chi connectivity index (χ4v) is 3.46. The highest BCUT2D eigenvalue weighted by molar-refractivity contribution is 8.18. The van der Waals surface area contributed by atoms with Gasteiger partial charge in [-0.05, 0) is 42.1 Å². The number of halogens is 3. The van der Waals surface area contributed by atoms with Gasteiger partial charge >= 0.3 is 11.4 Å². The van der Waals surface area contributed by atoms with E-state index < -0.39 is 17.5 Å². The summed E-state index contributed by atoms with van der Waals surface area (Å²) in [5.41, 5.74) is -0.729. The number of alkyl halides is 3. The second-order valence-electron chi connectivity index (χ2n) is 5.89. The van der Waals surface area contributed by atoms with Crippen LogP contribution in [0.4, 0.5) is 18.0 Å². The van der Waals surface area contributed by atoms with E-state index in [9.17, 15) is 18.0 Å². The Morgan fingerprint density at radius 2 is 2.00 bits per heavy atom. The lowest BCUT2D eigenvalue weighted by Gasteiger charge is -2.17. The Hall–Kier alpha value is -3.45. The van der Waals surface area contributed by atoms with E-state index >= 15 is 0 Å². The number of amides is 1. The van der Waals surface area contributed by atoms with Gasteiger partial charge < -0.3 is 14.8 Å². The molecule has 3 rings (SSSR count). The number of rotatable bonds is 4. The van der Waals surface area contributed by atoms with Gasteiger partial charge in [0.25, 0.3) is 0 Å². The van der Waals surface area contributed by atoms with E-state index in [1.54, 1.807) is 31.3 Å². The molecule has 1 amide bonds. The third-order valence-corrected chi connectivity index (χ3v) is 4.80. The number of hydrogen-bond acceptors (Lipinski definition) is 6. The molecule has 0 saturated heterocycles. The van der Waals surface area contributed by atoms with E-state index in [1.807, 2.05) is 0 Å². The lowest BCUT2D eigenvalue weighted by molar-refractivity contribution is -0.138. The van der Waals surface area contributed by atoms with Crippen molar-refractivity contribution in [3.05, 3.63) is 58.0 Å². The summed E-state index contributed by atoms with van der Waals surface area (Å²) in [7, 11) is 2.97. The molecule has 30 heavy (non-hydrogen) atoms. The number of para-hydroxylation sites is 1. The topological polar surface area (TPSA) is 83.7 Å². The van der Waals surface area contributed by atoms with Gasteiger partial charge in [0, 0.05) is 12.6 Å². The zero-order chi connectivity index (χ0) is 21.9. The van der Waals surface area contributed by atoms with Crippen LogP contribution in [0.3, 0.4) is 0 Å². The SMILES string of the molecule is CNC1=NC(=O)S/C1=C\c1cccc(Oc2ccc(C#N)cc2C(F)(F)F)c1OC. The van der Waals surface area contributed by atoms with Crippen molar-refractivity contribution in [2.45, 2.75) is 6.18 Å². The Balaban J connectivity index is 2.04. The van der Waals surface area contributed by atoms with Crippen molar-refractivity contribution in [1.29, 1.82) is 5.26 Å². The smallest absolute Gasteiger partial charge is 0.420 e. The number of hydrogen-bond donors (Lipinski definition) is 1. The van der Waals surface area contributed by atoms with Crippen molar-refractivity contribution in [1.82, 2.24) is 5.32 Å². The first kappa shape index (κ1) is 21.3. The van der Waals surface area contributed by atoms with Crippen molar-refractivity contribution in [3.63, 3.8) is 0 Å². The molecule has 0 saturated carbocycles. The first-order valence-electron chi connectivity index (χ1n) is 8.43. The van der Waals surface area contributed by atoms with Crippen LogP contribution in [0.2, 0.25) is 0 Å². The van der Waals surface area contributed by atoms with Crippen molar-refractivity contribution in [2.24, 2.45) is 4.99 Å². The van der Waals surface area contributed by atoms with Gasteiger partial charge in [-0.25, -0.2) is 0 Å². The Morgan fingerprint density at radius 1 is 1.23 bits per heavy atom. The molecular formula is C20H14F3N3O3S. The number of amidine groups is 1. The Bertz CT molecular complexity index is 1100. The van der Waals surface area contributed by atoms with Crippen LogP contribution in [0.25, 0.3) is 6.08 Å². The number of methoxy groups -OCH3 is 1. The number of benzene rings is 2. The number of nitriles is 1. The normalized spacial score (nSPS) is 15.0. The number of thioether (sulfide) groups is 1. The summed E-state index contributed by atoms with van der Waals surface area (Å²) in [6.07, 6.45) is -3.09. The molecule has 154 valence electrons. The molecular weight excluding hydrogens is 419 g/mol. The molecule has 0 unspecified atom stereocenters. The highest BCUT2D eigenvalue weighted by Gasteiger charge is 2.35. The fraction of sp³-hybridized carbons (Fsp3) is 0.150. The van der Waals surface area contributed by atoms with Crippen LogP contribution < -0.4 is 14.8 Å². The maximum absolute atomic E-state index is 13.4. The van der Waals surface area contributed by atoms with E-state index in [1.165, 1.54) is 19.2 Å². The fourth-order valence-electron chi connectivity index (χ4n) is 2.70. The number of nitrogens with one attached hydrogen (secondary N) is 1. The summed E-state index contributed by atoms with van der Waals surface area (Å²) in [6, 6.07) is 9.43. The van der Waals surface area contributed by atoms with Gasteiger partial charge in [0.2, 0.25) is 0 Å². The molecule has 1 aliphatic rings. The molecule has 0 bridgehead atoms. The monoisotopic (exact) mass is 433 g/mol. The van der Waals surface area contributed by atoms with E-state index in [2.05, 4.69) is 10.3 Å². The van der Waals surface area contributed by atoms with E-state index in [0.29, 0.717) is 16.3 Å². The van der Waals surface area contributed by atoms with Crippen molar-refractivity contribution in [2.75, 3.05) is 14.2 Å². The Labute approximate surface area is 174 Å². The molecule has 10 heteroatoms. The van der Waals surface area contributed by atoms with E-state index in [4.69, 9.17) is 14.7 Å². The van der Waals surface area contributed by atoms with E-state index in [-0.39, 0.29) is 22.3 Å². The molecule has 1 heterocycles. The first-order chi connectivity index (χ1) is 14.3. The Kier molecular flexibility index (Phi) is 6.03. The molecule has 0 radical (unpaired) electrons. The lowest BCUT2D eigenvalue weighted by atomic mass is 10.1. The van der Waals surface area contributed by atoms with Crippen LogP contribution >= 0.6 is 11.8 Å². The maximum atomic E-state index is 13.4. The second-order valence-corrected chi connectivity index (χ2v) is 6.88. The molecule has 2 aromatic rings. The highest BCUT2D eigenvalue weighted by atomic mass is 32.2. The van der Waals surface area contributed by atoms with Crippen LogP contribution in [0.15, 0.2) is 46.3 Å². The van der Waals surface area contributed by atoms with Crippen molar-refractivity contribution < 1.29 is 27.4 Å². The largest absolute Gasteiger partial charge is 0.492 e. The molecule has 0 spiro atoms. The average Bonchev–Trinajstić information content (AvgIpc) is 3.07. The molecule has 0 fully saturated rings. The minimum atomic E-state index is -4.71. The van der Waals surface area contributed by atoms with Gasteiger partial charge in [-0.2, -0.15) is 23.4 Å². The zero-order valence-electron chi connectivity index (χ0n) is 15.7. The second kappa shape index (κ2) is 8.51. The summed E-state index contributed by atoms with van der Waals surface area (Å²) in [5, 5.41) is 11.3. The Morgan fingerprint density at radius 3 is 2.63 bits per heavy atom. The van der Waals surface area contributed by atoms with Crippen molar-refractivity contribution in [3.8, 4) is 23.3 Å². The molecule has 0 aliphatic carbocycles. The number of nitrogens with zero attached hydrogens (tertiary/aromatic N) is 2. The summed E-state index contributed by atoms with van der Waals surface area (Å²) in [4.78, 5) is 15.9.